The van der Waals surface area contributed by atoms with E-state index in [0.29, 0.717) is 22.6 Å². The van der Waals surface area contributed by atoms with Crippen LogP contribution in [0.25, 0.3) is 17.0 Å². The van der Waals surface area contributed by atoms with Crippen LogP contribution in [-0.4, -0.2) is 41.2 Å². The van der Waals surface area contributed by atoms with Crippen LogP contribution >= 0.6 is 0 Å². The third-order valence-corrected chi connectivity index (χ3v) is 6.34. The number of ketones is 1. The molecule has 2 N–H and O–H groups in total. The van der Waals surface area contributed by atoms with Gasteiger partial charge in [-0.15, -0.1) is 0 Å². The highest BCUT2D eigenvalue weighted by Gasteiger charge is 2.35. The number of Topliss-reactive ketones (excluding diaryl/α,β-unsaturated/α-hetero) is 1. The Morgan fingerprint density at radius 1 is 1.08 bits per heavy atom. The van der Waals surface area contributed by atoms with E-state index in [1.165, 1.54) is 19.2 Å². The number of allylic oxidation sites excluding steroid dienone is 1. The largest absolute Gasteiger partial charge is 0.508 e. The fraction of sp³-hybridized carbons (Fsp3) is 0.138. The number of hydrogen-bond donors (Lipinski definition) is 2. The van der Waals surface area contributed by atoms with Crippen molar-refractivity contribution in [2.24, 2.45) is 0 Å². The van der Waals surface area contributed by atoms with Crippen LogP contribution < -0.4 is 14.2 Å². The van der Waals surface area contributed by atoms with Gasteiger partial charge in [0.2, 0.25) is 5.78 Å². The van der Waals surface area contributed by atoms with Crippen molar-refractivity contribution in [1.82, 2.24) is 4.98 Å². The average Bonchev–Trinajstić information content (AvgIpc) is 3.22. The second-order valence-corrected chi connectivity index (χ2v) is 8.53. The van der Waals surface area contributed by atoms with Crippen LogP contribution in [0.3, 0.4) is 0 Å². The lowest BCUT2D eigenvalue weighted by atomic mass is 9.85. The number of carbonyl (C=O) groups is 2. The van der Waals surface area contributed by atoms with Crippen molar-refractivity contribution in [3.63, 3.8) is 0 Å². The molecular weight excluding hydrogens is 474 g/mol. The van der Waals surface area contributed by atoms with Crippen LogP contribution in [0.15, 0.2) is 72.6 Å². The van der Waals surface area contributed by atoms with Crippen molar-refractivity contribution in [2.75, 3.05) is 14.2 Å². The van der Waals surface area contributed by atoms with Crippen molar-refractivity contribution in [3.8, 4) is 23.0 Å². The third kappa shape index (κ3) is 4.45. The number of ether oxygens (including phenoxy) is 3. The van der Waals surface area contributed by atoms with E-state index in [0.717, 1.165) is 10.9 Å². The number of aliphatic carboxylic acids is 1. The number of rotatable bonds is 7. The zero-order valence-corrected chi connectivity index (χ0v) is 20.1. The highest BCUT2D eigenvalue weighted by molar-refractivity contribution is 6.15. The summed E-state index contributed by atoms with van der Waals surface area (Å²) in [5, 5.41) is 21.4. The number of methoxy groups -OCH3 is 2. The smallest absolute Gasteiger partial charge is 0.304 e. The Balaban J connectivity index is 1.61. The number of carboxylic acid groups (broad SMARTS) is 1. The van der Waals surface area contributed by atoms with Gasteiger partial charge in [-0.05, 0) is 54.1 Å². The molecule has 0 radical (unpaired) electrons. The Labute approximate surface area is 212 Å². The van der Waals surface area contributed by atoms with Gasteiger partial charge in [0.15, 0.2) is 5.76 Å². The molecule has 186 valence electrons. The normalized spacial score (nSPS) is 14.3. The lowest BCUT2D eigenvalue weighted by molar-refractivity contribution is -0.137. The fourth-order valence-electron chi connectivity index (χ4n) is 4.55. The maximum absolute atomic E-state index is 13.3. The minimum atomic E-state index is -1.06. The molecule has 1 atom stereocenters. The van der Waals surface area contributed by atoms with E-state index in [1.807, 2.05) is 12.1 Å². The summed E-state index contributed by atoms with van der Waals surface area (Å²) in [4.78, 5) is 29.5. The van der Waals surface area contributed by atoms with Crippen molar-refractivity contribution in [2.45, 2.75) is 12.3 Å². The van der Waals surface area contributed by atoms with E-state index in [9.17, 15) is 19.8 Å². The maximum Gasteiger partial charge on any atom is 0.304 e. The second kappa shape index (κ2) is 9.66. The number of carbonyl (C=O) groups excluding carboxylic acids is 1. The third-order valence-electron chi connectivity index (χ3n) is 6.34. The summed E-state index contributed by atoms with van der Waals surface area (Å²) in [6, 6.07) is 17.1. The first-order chi connectivity index (χ1) is 17.9. The molecule has 0 saturated carbocycles. The van der Waals surface area contributed by atoms with Gasteiger partial charge >= 0.3 is 5.97 Å². The summed E-state index contributed by atoms with van der Waals surface area (Å²) in [6.07, 6.45) is 2.91. The molecule has 1 aliphatic rings. The van der Waals surface area contributed by atoms with Crippen molar-refractivity contribution in [3.05, 3.63) is 94.9 Å². The number of fused-ring (bicyclic) bond motifs is 2. The molecule has 8 heteroatoms. The predicted molar refractivity (Wildman–Crippen MR) is 136 cm³/mol. The highest BCUT2D eigenvalue weighted by Crippen LogP contribution is 2.47. The summed E-state index contributed by atoms with van der Waals surface area (Å²) in [5.74, 6) is -1.14. The van der Waals surface area contributed by atoms with Crippen LogP contribution in [0.5, 0.6) is 23.0 Å². The molecule has 3 aromatic carbocycles. The number of carboxylic acids is 1. The molecular formula is C29H23NO7. The monoisotopic (exact) mass is 497 g/mol. The molecule has 2 heterocycles. The molecule has 5 rings (SSSR count). The molecule has 1 aliphatic heterocycles. The van der Waals surface area contributed by atoms with Gasteiger partial charge in [-0.3, -0.25) is 14.6 Å². The fourth-order valence-corrected chi connectivity index (χ4v) is 4.55. The Kier molecular flexibility index (Phi) is 6.23. The minimum Gasteiger partial charge on any atom is -0.508 e. The van der Waals surface area contributed by atoms with Gasteiger partial charge in [0.05, 0.1) is 31.7 Å². The van der Waals surface area contributed by atoms with E-state index in [4.69, 9.17) is 14.2 Å². The number of phenols is 1. The average molecular weight is 498 g/mol. The van der Waals surface area contributed by atoms with E-state index < -0.39 is 11.9 Å². The summed E-state index contributed by atoms with van der Waals surface area (Å²) in [5.41, 5.74) is 2.48. The lowest BCUT2D eigenvalue weighted by Crippen LogP contribution is -2.09. The number of nitrogens with zero attached hydrogens (tertiary/aromatic N) is 1. The van der Waals surface area contributed by atoms with E-state index >= 15 is 0 Å². The van der Waals surface area contributed by atoms with Crippen LogP contribution in [0.2, 0.25) is 0 Å². The SMILES string of the molecule is COc1ccc(C=C2Oc3c(ccc(O)c3C(CC(=O)O)c3ccc4ncccc4c3)C2=O)c(OC)c1. The first-order valence-electron chi connectivity index (χ1n) is 11.5. The summed E-state index contributed by atoms with van der Waals surface area (Å²) in [6.45, 7) is 0. The number of benzene rings is 3. The lowest BCUT2D eigenvalue weighted by Gasteiger charge is -2.20. The molecule has 0 aliphatic carbocycles. The standard InChI is InChI=1S/C29H23NO7/c1-35-19-7-5-18(24(14-19)36-2)13-25-28(34)20-8-10-23(31)27(29(20)37-25)21(15-26(32)33)16-6-9-22-17(12-16)4-3-11-30-22/h3-14,21,31H,15H2,1-2H3,(H,32,33). The van der Waals surface area contributed by atoms with Gasteiger partial charge in [0.1, 0.15) is 23.0 Å². The molecule has 1 unspecified atom stereocenters. The summed E-state index contributed by atoms with van der Waals surface area (Å²) < 4.78 is 16.7. The molecule has 4 aromatic rings. The van der Waals surface area contributed by atoms with Gasteiger partial charge in [0.25, 0.3) is 0 Å². The summed E-state index contributed by atoms with van der Waals surface area (Å²) >= 11 is 0. The molecule has 0 fully saturated rings. The molecule has 0 bridgehead atoms. The Morgan fingerprint density at radius 3 is 2.68 bits per heavy atom. The zero-order chi connectivity index (χ0) is 26.1. The first-order valence-corrected chi connectivity index (χ1v) is 11.5. The Morgan fingerprint density at radius 2 is 1.92 bits per heavy atom. The zero-order valence-electron chi connectivity index (χ0n) is 20.1. The topological polar surface area (TPSA) is 115 Å². The Bertz CT molecular complexity index is 1570. The molecule has 37 heavy (non-hydrogen) atoms. The first kappa shape index (κ1) is 23.9. The molecule has 0 amide bonds. The Hall–Kier alpha value is -4.85. The summed E-state index contributed by atoms with van der Waals surface area (Å²) in [7, 11) is 3.05. The number of aromatic hydroxyl groups is 1. The molecule has 8 nitrogen and oxygen atoms in total. The maximum atomic E-state index is 13.3. The van der Waals surface area contributed by atoms with Crippen LogP contribution in [0, 0.1) is 0 Å². The quantitative estimate of drug-likeness (QED) is 0.336. The van der Waals surface area contributed by atoms with Gasteiger partial charge in [-0.2, -0.15) is 0 Å². The van der Waals surface area contributed by atoms with Gasteiger partial charge < -0.3 is 24.4 Å². The minimum absolute atomic E-state index is 0.0297. The van der Waals surface area contributed by atoms with Crippen LogP contribution in [-0.2, 0) is 4.79 Å². The molecule has 0 spiro atoms. The van der Waals surface area contributed by atoms with Crippen molar-refractivity contribution in [1.29, 1.82) is 0 Å². The number of hydrogen-bond acceptors (Lipinski definition) is 7. The van der Waals surface area contributed by atoms with E-state index in [1.54, 1.807) is 55.8 Å². The van der Waals surface area contributed by atoms with Gasteiger partial charge in [0, 0.05) is 34.7 Å². The van der Waals surface area contributed by atoms with Crippen LogP contribution in [0.1, 0.15) is 39.4 Å². The second-order valence-electron chi connectivity index (χ2n) is 8.53. The van der Waals surface area contributed by atoms with Gasteiger partial charge in [-0.1, -0.05) is 12.1 Å². The van der Waals surface area contributed by atoms with Crippen molar-refractivity contribution >= 4 is 28.7 Å². The number of phenolic OH excluding ortho intramolecular Hbond substituents is 1. The number of aromatic nitrogens is 1. The van der Waals surface area contributed by atoms with Gasteiger partial charge in [-0.25, -0.2) is 0 Å². The van der Waals surface area contributed by atoms with E-state index in [2.05, 4.69) is 4.98 Å². The molecule has 0 saturated heterocycles. The van der Waals surface area contributed by atoms with Crippen molar-refractivity contribution < 1.29 is 34.0 Å². The van der Waals surface area contributed by atoms with E-state index in [-0.39, 0.29) is 40.6 Å². The molecule has 1 aromatic heterocycles. The van der Waals surface area contributed by atoms with Crippen LogP contribution in [0.4, 0.5) is 0 Å². The number of pyridine rings is 1. The highest BCUT2D eigenvalue weighted by atomic mass is 16.5. The predicted octanol–water partition coefficient (Wildman–Crippen LogP) is 5.18.